The Labute approximate surface area is 91.9 Å². The fourth-order valence-corrected chi connectivity index (χ4v) is 3.29. The van der Waals surface area contributed by atoms with Crippen LogP contribution in [0.1, 0.15) is 31.2 Å². The first-order chi connectivity index (χ1) is 7.31. The largest absolute Gasteiger partial charge is 0.382 e. The van der Waals surface area contributed by atoms with Crippen molar-refractivity contribution in [2.75, 3.05) is 5.32 Å². The Morgan fingerprint density at radius 2 is 1.87 bits per heavy atom. The molecule has 0 saturated heterocycles. The fraction of sp³-hybridized carbons (Fsp3) is 0.571. The molecule has 80 valence electrons. The minimum atomic E-state index is 0.756. The molecule has 15 heavy (non-hydrogen) atoms. The molecule has 1 heteroatoms. The maximum atomic E-state index is 3.70. The van der Waals surface area contributed by atoms with Gasteiger partial charge in [0.05, 0.1) is 0 Å². The van der Waals surface area contributed by atoms with Gasteiger partial charge >= 0.3 is 0 Å². The van der Waals surface area contributed by atoms with Crippen molar-refractivity contribution in [3.63, 3.8) is 0 Å². The summed E-state index contributed by atoms with van der Waals surface area (Å²) in [5, 5.41) is 3.70. The predicted molar refractivity (Wildman–Crippen MR) is 64.0 cm³/mol. The van der Waals surface area contributed by atoms with E-state index in [0.29, 0.717) is 0 Å². The van der Waals surface area contributed by atoms with E-state index in [9.17, 15) is 0 Å². The van der Waals surface area contributed by atoms with Crippen LogP contribution in [0.15, 0.2) is 24.3 Å². The average molecular weight is 201 g/mol. The predicted octanol–water partition coefficient (Wildman–Crippen LogP) is 3.60. The Kier molecular flexibility index (Phi) is 2.19. The molecule has 0 amide bonds. The summed E-state index contributed by atoms with van der Waals surface area (Å²) >= 11 is 0. The van der Waals surface area contributed by atoms with Gasteiger partial charge in [0.15, 0.2) is 0 Å². The molecule has 1 aromatic rings. The molecule has 0 spiro atoms. The summed E-state index contributed by atoms with van der Waals surface area (Å²) in [4.78, 5) is 0. The molecular formula is C14H19N. The zero-order chi connectivity index (χ0) is 10.3. The molecule has 2 aliphatic rings. The number of aryl methyl sites for hydroxylation is 1. The lowest BCUT2D eigenvalue weighted by atomic mass is 9.95. The minimum Gasteiger partial charge on any atom is -0.382 e. The van der Waals surface area contributed by atoms with Crippen molar-refractivity contribution in [3.05, 3.63) is 29.8 Å². The van der Waals surface area contributed by atoms with E-state index in [0.717, 1.165) is 17.9 Å². The van der Waals surface area contributed by atoms with Gasteiger partial charge in [0.2, 0.25) is 0 Å². The van der Waals surface area contributed by atoms with Crippen LogP contribution in [0.2, 0.25) is 0 Å². The molecule has 0 radical (unpaired) electrons. The van der Waals surface area contributed by atoms with Gasteiger partial charge < -0.3 is 5.32 Å². The van der Waals surface area contributed by atoms with Gasteiger partial charge in [0.25, 0.3) is 0 Å². The van der Waals surface area contributed by atoms with Crippen molar-refractivity contribution in [1.29, 1.82) is 0 Å². The van der Waals surface area contributed by atoms with Crippen LogP contribution in [0, 0.1) is 18.8 Å². The Bertz CT molecular complexity index is 341. The van der Waals surface area contributed by atoms with Crippen LogP contribution in [0.5, 0.6) is 0 Å². The topological polar surface area (TPSA) is 12.0 Å². The summed E-state index contributed by atoms with van der Waals surface area (Å²) in [6.45, 7) is 2.14. The van der Waals surface area contributed by atoms with E-state index in [2.05, 4.69) is 36.5 Å². The molecule has 1 N–H and O–H groups in total. The molecule has 0 aromatic heterocycles. The minimum absolute atomic E-state index is 0.756. The maximum absolute atomic E-state index is 3.70. The third-order valence-electron chi connectivity index (χ3n) is 4.14. The van der Waals surface area contributed by atoms with Crippen LogP contribution in [0.4, 0.5) is 5.69 Å². The number of hydrogen-bond acceptors (Lipinski definition) is 1. The highest BCUT2D eigenvalue weighted by Crippen LogP contribution is 2.45. The van der Waals surface area contributed by atoms with Gasteiger partial charge in [-0.2, -0.15) is 0 Å². The van der Waals surface area contributed by atoms with Crippen LogP contribution >= 0.6 is 0 Å². The summed E-state index contributed by atoms with van der Waals surface area (Å²) in [7, 11) is 0. The number of fused-ring (bicyclic) bond motifs is 2. The third kappa shape index (κ3) is 1.75. The Balaban J connectivity index is 1.68. The molecule has 0 unspecified atom stereocenters. The number of hydrogen-bond donors (Lipinski definition) is 1. The van der Waals surface area contributed by atoms with Crippen LogP contribution in [0.3, 0.4) is 0 Å². The Morgan fingerprint density at radius 1 is 1.07 bits per heavy atom. The van der Waals surface area contributed by atoms with Crippen molar-refractivity contribution < 1.29 is 0 Å². The van der Waals surface area contributed by atoms with Gasteiger partial charge in [-0.1, -0.05) is 24.1 Å². The number of nitrogens with one attached hydrogen (secondary N) is 1. The van der Waals surface area contributed by atoms with Crippen LogP contribution < -0.4 is 5.32 Å². The maximum Gasteiger partial charge on any atom is 0.0342 e. The van der Waals surface area contributed by atoms with Gasteiger partial charge in [-0.15, -0.1) is 0 Å². The summed E-state index contributed by atoms with van der Waals surface area (Å²) < 4.78 is 0. The van der Waals surface area contributed by atoms with Crippen molar-refractivity contribution >= 4 is 5.69 Å². The quantitative estimate of drug-likeness (QED) is 0.771. The van der Waals surface area contributed by atoms with Gasteiger partial charge in [-0.25, -0.2) is 0 Å². The van der Waals surface area contributed by atoms with E-state index in [1.807, 2.05) is 0 Å². The van der Waals surface area contributed by atoms with E-state index in [-0.39, 0.29) is 0 Å². The number of anilines is 1. The van der Waals surface area contributed by atoms with Crippen molar-refractivity contribution in [2.45, 2.75) is 38.6 Å². The highest BCUT2D eigenvalue weighted by Gasteiger charge is 2.39. The molecule has 0 heterocycles. The normalized spacial score (nSPS) is 33.3. The van der Waals surface area contributed by atoms with Gasteiger partial charge in [-0.05, 0) is 50.2 Å². The highest BCUT2D eigenvalue weighted by atomic mass is 14.9. The standard InChI is InChI=1S/C14H19N/c1-10-2-6-13(7-3-10)15-14-9-11-4-5-12(14)8-11/h2-3,6-7,11-12,14-15H,4-5,8-9H2,1H3/t11-,12+,14+/m1/s1. The summed E-state index contributed by atoms with van der Waals surface area (Å²) in [5.74, 6) is 1.98. The SMILES string of the molecule is Cc1ccc(N[C@H]2C[C@@H]3CC[C@H]2C3)cc1. The first-order valence-electron chi connectivity index (χ1n) is 6.14. The molecule has 3 rings (SSSR count). The van der Waals surface area contributed by atoms with Gasteiger partial charge in [-0.3, -0.25) is 0 Å². The monoisotopic (exact) mass is 201 g/mol. The van der Waals surface area contributed by atoms with Crippen molar-refractivity contribution in [2.24, 2.45) is 11.8 Å². The highest BCUT2D eigenvalue weighted by molar-refractivity contribution is 5.45. The smallest absolute Gasteiger partial charge is 0.0342 e. The number of rotatable bonds is 2. The van der Waals surface area contributed by atoms with Crippen molar-refractivity contribution in [1.82, 2.24) is 0 Å². The first kappa shape index (κ1) is 9.26. The summed E-state index contributed by atoms with van der Waals surface area (Å²) in [6.07, 6.45) is 5.81. The van der Waals surface area contributed by atoms with Crippen molar-refractivity contribution in [3.8, 4) is 0 Å². The zero-order valence-electron chi connectivity index (χ0n) is 9.37. The van der Waals surface area contributed by atoms with E-state index >= 15 is 0 Å². The molecule has 0 aliphatic heterocycles. The molecule has 1 nitrogen and oxygen atoms in total. The van der Waals surface area contributed by atoms with E-state index in [1.54, 1.807) is 0 Å². The second kappa shape index (κ2) is 3.55. The third-order valence-corrected chi connectivity index (χ3v) is 4.14. The molecule has 2 saturated carbocycles. The summed E-state index contributed by atoms with van der Waals surface area (Å²) in [5.41, 5.74) is 2.65. The van der Waals surface area contributed by atoms with Crippen LogP contribution in [-0.2, 0) is 0 Å². The molecule has 2 aliphatic carbocycles. The Hall–Kier alpha value is -0.980. The second-order valence-corrected chi connectivity index (χ2v) is 5.29. The van der Waals surface area contributed by atoms with Gasteiger partial charge in [0.1, 0.15) is 0 Å². The van der Waals surface area contributed by atoms with Crippen LogP contribution in [0.25, 0.3) is 0 Å². The molecule has 3 atom stereocenters. The lowest BCUT2D eigenvalue weighted by Gasteiger charge is -2.24. The van der Waals surface area contributed by atoms with E-state index in [1.165, 1.54) is 36.9 Å². The average Bonchev–Trinajstić information content (AvgIpc) is 2.83. The lowest BCUT2D eigenvalue weighted by Crippen LogP contribution is -2.25. The molecule has 1 aromatic carbocycles. The molecule has 2 bridgehead atoms. The first-order valence-corrected chi connectivity index (χ1v) is 6.14. The van der Waals surface area contributed by atoms with Crippen LogP contribution in [-0.4, -0.2) is 6.04 Å². The molecule has 2 fully saturated rings. The molecular weight excluding hydrogens is 182 g/mol. The lowest BCUT2D eigenvalue weighted by molar-refractivity contribution is 0.440. The summed E-state index contributed by atoms with van der Waals surface area (Å²) in [6, 6.07) is 9.56. The zero-order valence-corrected chi connectivity index (χ0v) is 9.37. The Morgan fingerprint density at radius 3 is 2.47 bits per heavy atom. The second-order valence-electron chi connectivity index (χ2n) is 5.29. The van der Waals surface area contributed by atoms with E-state index < -0.39 is 0 Å². The van der Waals surface area contributed by atoms with E-state index in [4.69, 9.17) is 0 Å². The fourth-order valence-electron chi connectivity index (χ4n) is 3.29. The van der Waals surface area contributed by atoms with Gasteiger partial charge in [0, 0.05) is 11.7 Å². The number of benzene rings is 1.